The molecule has 0 saturated heterocycles. The van der Waals surface area contributed by atoms with E-state index in [1.54, 1.807) is 19.2 Å². The molecule has 3 N–H and O–H groups in total. The molecule has 16 heavy (non-hydrogen) atoms. The highest BCUT2D eigenvalue weighted by Crippen LogP contribution is 2.21. The van der Waals surface area contributed by atoms with E-state index >= 15 is 0 Å². The van der Waals surface area contributed by atoms with Gasteiger partial charge in [-0.15, -0.1) is 0 Å². The van der Waals surface area contributed by atoms with Gasteiger partial charge in [-0.1, -0.05) is 18.5 Å². The Bertz CT molecular complexity index is 404. The zero-order valence-corrected chi connectivity index (χ0v) is 10.4. The first-order valence-corrected chi connectivity index (χ1v) is 5.47. The van der Waals surface area contributed by atoms with Crippen LogP contribution in [0, 0.1) is 6.92 Å². The van der Waals surface area contributed by atoms with E-state index in [0.29, 0.717) is 12.1 Å². The van der Waals surface area contributed by atoms with Crippen molar-refractivity contribution in [3.8, 4) is 0 Å². The number of carbonyl (C=O) groups is 1. The van der Waals surface area contributed by atoms with Crippen LogP contribution in [0.4, 0.5) is 5.69 Å². The first kappa shape index (κ1) is 12.9. The Labute approximate surface area is 100 Å². The summed E-state index contributed by atoms with van der Waals surface area (Å²) in [6.07, 6.45) is 2.19. The minimum absolute atomic E-state index is 0.260. The van der Waals surface area contributed by atoms with Crippen molar-refractivity contribution < 1.29 is 4.79 Å². The smallest absolute Gasteiger partial charge is 0.244 e. The summed E-state index contributed by atoms with van der Waals surface area (Å²) in [5, 5.41) is 2.95. The van der Waals surface area contributed by atoms with Crippen LogP contribution in [0.3, 0.4) is 0 Å². The second-order valence-corrected chi connectivity index (χ2v) is 4.43. The van der Waals surface area contributed by atoms with Crippen LogP contribution in [-0.2, 0) is 4.79 Å². The van der Waals surface area contributed by atoms with E-state index < -0.39 is 5.54 Å². The van der Waals surface area contributed by atoms with Gasteiger partial charge in [0.2, 0.25) is 5.91 Å². The predicted molar refractivity (Wildman–Crippen MR) is 65.5 cm³/mol. The number of hydrogen-bond acceptors (Lipinski definition) is 3. The van der Waals surface area contributed by atoms with Crippen LogP contribution in [0.2, 0.25) is 5.15 Å². The van der Waals surface area contributed by atoms with Gasteiger partial charge in [0.1, 0.15) is 0 Å². The third kappa shape index (κ3) is 2.93. The SMILES string of the molecule is CCC(C)(N)C(=O)Nc1cc(C)cnc1Cl. The number of halogens is 1. The van der Waals surface area contributed by atoms with E-state index in [4.69, 9.17) is 17.3 Å². The maximum absolute atomic E-state index is 11.8. The van der Waals surface area contributed by atoms with Crippen LogP contribution in [-0.4, -0.2) is 16.4 Å². The van der Waals surface area contributed by atoms with Gasteiger partial charge in [-0.05, 0) is 31.9 Å². The molecule has 1 aromatic rings. The number of nitrogens with two attached hydrogens (primary N) is 1. The molecule has 0 radical (unpaired) electrons. The topological polar surface area (TPSA) is 68.0 Å². The van der Waals surface area contributed by atoms with Crippen LogP contribution in [0.25, 0.3) is 0 Å². The highest BCUT2D eigenvalue weighted by molar-refractivity contribution is 6.32. The molecule has 1 heterocycles. The Morgan fingerprint density at radius 2 is 2.31 bits per heavy atom. The van der Waals surface area contributed by atoms with E-state index in [9.17, 15) is 4.79 Å². The molecule has 0 aliphatic heterocycles. The summed E-state index contributed by atoms with van der Waals surface area (Å²) in [5.41, 5.74) is 6.35. The van der Waals surface area contributed by atoms with Crippen molar-refractivity contribution in [2.24, 2.45) is 5.73 Å². The monoisotopic (exact) mass is 241 g/mol. The number of nitrogens with zero attached hydrogens (tertiary/aromatic N) is 1. The fraction of sp³-hybridized carbons (Fsp3) is 0.455. The highest BCUT2D eigenvalue weighted by Gasteiger charge is 2.26. The Balaban J connectivity index is 2.89. The van der Waals surface area contributed by atoms with Crippen LogP contribution in [0.1, 0.15) is 25.8 Å². The molecule has 0 aliphatic carbocycles. The zero-order valence-electron chi connectivity index (χ0n) is 9.67. The molecular weight excluding hydrogens is 226 g/mol. The molecule has 0 aliphatic rings. The van der Waals surface area contributed by atoms with Crippen molar-refractivity contribution in [2.45, 2.75) is 32.7 Å². The molecule has 1 amide bonds. The second kappa shape index (κ2) is 4.80. The number of aromatic nitrogens is 1. The molecule has 5 heteroatoms. The Hall–Kier alpha value is -1.13. The molecule has 0 aromatic carbocycles. The van der Waals surface area contributed by atoms with Crippen LogP contribution >= 0.6 is 11.6 Å². The van der Waals surface area contributed by atoms with Crippen molar-refractivity contribution in [3.63, 3.8) is 0 Å². The van der Waals surface area contributed by atoms with Gasteiger partial charge in [0, 0.05) is 6.20 Å². The average molecular weight is 242 g/mol. The number of carbonyl (C=O) groups excluding carboxylic acids is 1. The lowest BCUT2D eigenvalue weighted by atomic mass is 9.99. The van der Waals surface area contributed by atoms with Gasteiger partial charge in [0.05, 0.1) is 11.2 Å². The molecule has 4 nitrogen and oxygen atoms in total. The van der Waals surface area contributed by atoms with Crippen molar-refractivity contribution in [1.82, 2.24) is 4.98 Å². The summed E-state index contributed by atoms with van der Waals surface area (Å²) in [5.74, 6) is -0.260. The maximum Gasteiger partial charge on any atom is 0.244 e. The molecule has 88 valence electrons. The number of anilines is 1. The zero-order chi connectivity index (χ0) is 12.3. The third-order valence-electron chi connectivity index (χ3n) is 2.48. The Kier molecular flexibility index (Phi) is 3.88. The summed E-state index contributed by atoms with van der Waals surface area (Å²) in [4.78, 5) is 15.8. The maximum atomic E-state index is 11.8. The Morgan fingerprint density at radius 1 is 1.69 bits per heavy atom. The summed E-state index contributed by atoms with van der Waals surface area (Å²) < 4.78 is 0. The molecule has 1 atom stereocenters. The molecule has 1 unspecified atom stereocenters. The van der Waals surface area contributed by atoms with E-state index in [1.807, 2.05) is 13.8 Å². The largest absolute Gasteiger partial charge is 0.322 e. The lowest BCUT2D eigenvalue weighted by Gasteiger charge is -2.21. The Morgan fingerprint density at radius 3 is 2.88 bits per heavy atom. The van der Waals surface area contributed by atoms with Gasteiger partial charge in [0.25, 0.3) is 0 Å². The minimum Gasteiger partial charge on any atom is -0.322 e. The summed E-state index contributed by atoms with van der Waals surface area (Å²) >= 11 is 5.87. The molecule has 0 spiro atoms. The summed E-state index contributed by atoms with van der Waals surface area (Å²) in [6, 6.07) is 1.76. The van der Waals surface area contributed by atoms with Gasteiger partial charge < -0.3 is 11.1 Å². The van der Waals surface area contributed by atoms with Crippen molar-refractivity contribution in [1.29, 1.82) is 0 Å². The lowest BCUT2D eigenvalue weighted by Crippen LogP contribution is -2.47. The number of hydrogen-bond donors (Lipinski definition) is 2. The van der Waals surface area contributed by atoms with Crippen LogP contribution in [0.15, 0.2) is 12.3 Å². The fourth-order valence-corrected chi connectivity index (χ4v) is 1.22. The molecular formula is C11H16ClN3O. The average Bonchev–Trinajstić information content (AvgIpc) is 2.23. The van der Waals surface area contributed by atoms with Crippen molar-refractivity contribution in [3.05, 3.63) is 23.0 Å². The molecule has 0 bridgehead atoms. The van der Waals surface area contributed by atoms with Gasteiger partial charge in [-0.25, -0.2) is 4.98 Å². The molecule has 1 rings (SSSR count). The molecule has 0 fully saturated rings. The van der Waals surface area contributed by atoms with Crippen LogP contribution < -0.4 is 11.1 Å². The molecule has 0 saturated carbocycles. The highest BCUT2D eigenvalue weighted by atomic mass is 35.5. The number of nitrogens with one attached hydrogen (secondary N) is 1. The normalized spacial score (nSPS) is 14.3. The minimum atomic E-state index is -0.896. The van der Waals surface area contributed by atoms with Gasteiger partial charge in [-0.2, -0.15) is 0 Å². The van der Waals surface area contributed by atoms with E-state index in [-0.39, 0.29) is 11.1 Å². The van der Waals surface area contributed by atoms with Gasteiger partial charge in [-0.3, -0.25) is 4.79 Å². The fourth-order valence-electron chi connectivity index (χ4n) is 1.07. The van der Waals surface area contributed by atoms with Gasteiger partial charge in [0.15, 0.2) is 5.15 Å². The van der Waals surface area contributed by atoms with Crippen molar-refractivity contribution in [2.75, 3.05) is 5.32 Å². The summed E-state index contributed by atoms with van der Waals surface area (Å²) in [6.45, 7) is 5.41. The standard InChI is InChI=1S/C11H16ClN3O/c1-4-11(3,13)10(16)15-8-5-7(2)6-14-9(8)12/h5-6H,4,13H2,1-3H3,(H,15,16). The number of rotatable bonds is 3. The van der Waals surface area contributed by atoms with E-state index in [0.717, 1.165) is 5.56 Å². The lowest BCUT2D eigenvalue weighted by molar-refractivity contribution is -0.120. The quantitative estimate of drug-likeness (QED) is 0.797. The number of aryl methyl sites for hydroxylation is 1. The number of pyridine rings is 1. The van der Waals surface area contributed by atoms with E-state index in [2.05, 4.69) is 10.3 Å². The van der Waals surface area contributed by atoms with Gasteiger partial charge >= 0.3 is 0 Å². The first-order chi connectivity index (χ1) is 7.36. The van der Waals surface area contributed by atoms with Crippen molar-refractivity contribution >= 4 is 23.2 Å². The second-order valence-electron chi connectivity index (χ2n) is 4.08. The summed E-state index contributed by atoms with van der Waals surface area (Å²) in [7, 11) is 0. The third-order valence-corrected chi connectivity index (χ3v) is 2.78. The van der Waals surface area contributed by atoms with E-state index in [1.165, 1.54) is 0 Å². The number of amides is 1. The van der Waals surface area contributed by atoms with Crippen LogP contribution in [0.5, 0.6) is 0 Å². The molecule has 1 aromatic heterocycles. The predicted octanol–water partition coefficient (Wildman–Crippen LogP) is 2.11. The first-order valence-electron chi connectivity index (χ1n) is 5.09.